The van der Waals surface area contributed by atoms with Crippen molar-refractivity contribution in [2.75, 3.05) is 6.54 Å². The van der Waals surface area contributed by atoms with Crippen LogP contribution < -0.4 is 5.73 Å². The van der Waals surface area contributed by atoms with Crippen LogP contribution in [0.1, 0.15) is 39.5 Å². The predicted octanol–water partition coefficient (Wildman–Crippen LogP) is 0.694. The minimum absolute atomic E-state index is 0.207. The Morgan fingerprint density at radius 1 is 1.60 bits per heavy atom. The first-order valence-corrected chi connectivity index (χ1v) is 5.56. The lowest BCUT2D eigenvalue weighted by Crippen LogP contribution is -2.47. The van der Waals surface area contributed by atoms with Crippen molar-refractivity contribution in [2.24, 2.45) is 5.73 Å². The summed E-state index contributed by atoms with van der Waals surface area (Å²) in [4.78, 5) is 24.3. The maximum absolute atomic E-state index is 11.3. The van der Waals surface area contributed by atoms with Crippen molar-refractivity contribution in [2.45, 2.75) is 51.6 Å². The first-order valence-electron chi connectivity index (χ1n) is 5.56. The number of nitrogens with zero attached hydrogens (tertiary/aromatic N) is 1. The van der Waals surface area contributed by atoms with Gasteiger partial charge in [0.15, 0.2) is 0 Å². The molecule has 1 saturated carbocycles. The Kier molecular flexibility index (Phi) is 4.27. The van der Waals surface area contributed by atoms with Gasteiger partial charge in [0.25, 0.3) is 0 Å². The highest BCUT2D eigenvalue weighted by molar-refractivity contribution is 5.80. The van der Waals surface area contributed by atoms with Crippen molar-refractivity contribution in [3.63, 3.8) is 0 Å². The highest BCUT2D eigenvalue weighted by atomic mass is 16.1. The van der Waals surface area contributed by atoms with Gasteiger partial charge in [0.05, 0.1) is 6.54 Å². The van der Waals surface area contributed by atoms with Gasteiger partial charge in [-0.25, -0.2) is 0 Å². The third kappa shape index (κ3) is 3.63. The molecule has 4 nitrogen and oxygen atoms in total. The van der Waals surface area contributed by atoms with E-state index in [2.05, 4.69) is 0 Å². The van der Waals surface area contributed by atoms with Crippen molar-refractivity contribution in [1.29, 1.82) is 0 Å². The summed E-state index contributed by atoms with van der Waals surface area (Å²) in [5, 5.41) is 0. The largest absolute Gasteiger partial charge is 0.369 e. The monoisotopic (exact) mass is 212 g/mol. The van der Waals surface area contributed by atoms with Crippen LogP contribution in [-0.4, -0.2) is 35.2 Å². The Labute approximate surface area is 90.8 Å². The van der Waals surface area contributed by atoms with Crippen LogP contribution in [0.15, 0.2) is 0 Å². The normalized spacial score (nSPS) is 22.4. The summed E-state index contributed by atoms with van der Waals surface area (Å²) in [7, 11) is 0. The molecule has 1 unspecified atom stereocenters. The topological polar surface area (TPSA) is 63.4 Å². The van der Waals surface area contributed by atoms with Gasteiger partial charge >= 0.3 is 0 Å². The Morgan fingerprint density at radius 3 is 2.73 bits per heavy atom. The molecule has 1 atom stereocenters. The van der Waals surface area contributed by atoms with Gasteiger partial charge in [-0.1, -0.05) is 0 Å². The number of hydrogen-bond acceptors (Lipinski definition) is 3. The molecule has 15 heavy (non-hydrogen) atoms. The zero-order chi connectivity index (χ0) is 11.4. The van der Waals surface area contributed by atoms with Crippen molar-refractivity contribution >= 4 is 11.7 Å². The zero-order valence-corrected chi connectivity index (χ0v) is 9.53. The smallest absolute Gasteiger partial charge is 0.231 e. The Morgan fingerprint density at radius 2 is 2.27 bits per heavy atom. The molecule has 0 aromatic heterocycles. The number of primary amides is 1. The summed E-state index contributed by atoms with van der Waals surface area (Å²) in [5.74, 6) is -0.0110. The molecule has 86 valence electrons. The molecule has 2 N–H and O–H groups in total. The first-order chi connectivity index (χ1) is 7.00. The van der Waals surface area contributed by atoms with E-state index in [1.807, 2.05) is 18.7 Å². The molecular formula is C11H20N2O2. The average molecular weight is 212 g/mol. The van der Waals surface area contributed by atoms with Gasteiger partial charge in [-0.15, -0.1) is 0 Å². The molecule has 0 spiro atoms. The lowest BCUT2D eigenvalue weighted by atomic mass is 9.92. The molecule has 0 aromatic rings. The summed E-state index contributed by atoms with van der Waals surface area (Å²) < 4.78 is 0. The Hall–Kier alpha value is -0.900. The standard InChI is InChI=1S/C11H20N2O2/c1-8(2)13(7-11(12)15)9-4-3-5-10(14)6-9/h8-9H,3-7H2,1-2H3,(H2,12,15). The fourth-order valence-electron chi connectivity index (χ4n) is 2.20. The minimum Gasteiger partial charge on any atom is -0.369 e. The van der Waals surface area contributed by atoms with E-state index in [-0.39, 0.29) is 24.5 Å². The van der Waals surface area contributed by atoms with E-state index in [9.17, 15) is 9.59 Å². The number of rotatable bonds is 4. The van der Waals surface area contributed by atoms with E-state index in [4.69, 9.17) is 5.73 Å². The highest BCUT2D eigenvalue weighted by Gasteiger charge is 2.27. The molecule has 1 aliphatic carbocycles. The van der Waals surface area contributed by atoms with Crippen LogP contribution in [0, 0.1) is 0 Å². The molecular weight excluding hydrogens is 192 g/mol. The van der Waals surface area contributed by atoms with Gasteiger partial charge in [0.2, 0.25) is 5.91 Å². The van der Waals surface area contributed by atoms with Crippen LogP contribution in [0.3, 0.4) is 0 Å². The zero-order valence-electron chi connectivity index (χ0n) is 9.53. The average Bonchev–Trinajstić information content (AvgIpc) is 2.13. The number of carbonyl (C=O) groups is 2. The molecule has 4 heteroatoms. The van der Waals surface area contributed by atoms with E-state index in [1.54, 1.807) is 0 Å². The van der Waals surface area contributed by atoms with Gasteiger partial charge in [-0.05, 0) is 26.7 Å². The molecule has 0 saturated heterocycles. The van der Waals surface area contributed by atoms with E-state index in [1.165, 1.54) is 0 Å². The molecule has 0 aromatic carbocycles. The number of carbonyl (C=O) groups excluding carboxylic acids is 2. The lowest BCUT2D eigenvalue weighted by molar-refractivity contribution is -0.125. The third-order valence-corrected chi connectivity index (χ3v) is 2.93. The predicted molar refractivity (Wildman–Crippen MR) is 58.3 cm³/mol. The van der Waals surface area contributed by atoms with E-state index in [0.717, 1.165) is 12.8 Å². The summed E-state index contributed by atoms with van der Waals surface area (Å²) in [6.45, 7) is 4.32. The molecule has 0 bridgehead atoms. The quantitative estimate of drug-likeness (QED) is 0.746. The second-order valence-electron chi connectivity index (χ2n) is 4.52. The Balaban J connectivity index is 2.61. The second kappa shape index (κ2) is 5.26. The molecule has 1 rings (SSSR count). The van der Waals surface area contributed by atoms with Gasteiger partial charge in [0, 0.05) is 24.9 Å². The van der Waals surface area contributed by atoms with Crippen molar-refractivity contribution < 1.29 is 9.59 Å². The lowest BCUT2D eigenvalue weighted by Gasteiger charge is -2.35. The van der Waals surface area contributed by atoms with Crippen molar-refractivity contribution in [1.82, 2.24) is 4.90 Å². The number of ketones is 1. The van der Waals surface area contributed by atoms with Crippen molar-refractivity contribution in [3.05, 3.63) is 0 Å². The van der Waals surface area contributed by atoms with E-state index >= 15 is 0 Å². The molecule has 1 aliphatic rings. The maximum Gasteiger partial charge on any atom is 0.231 e. The van der Waals surface area contributed by atoms with Crippen LogP contribution in [0.4, 0.5) is 0 Å². The van der Waals surface area contributed by atoms with E-state index < -0.39 is 0 Å². The number of amides is 1. The number of nitrogens with two attached hydrogens (primary N) is 1. The summed E-state index contributed by atoms with van der Waals surface area (Å²) in [6.07, 6.45) is 3.20. The van der Waals surface area contributed by atoms with Crippen LogP contribution in [0.5, 0.6) is 0 Å². The fraction of sp³-hybridized carbons (Fsp3) is 0.818. The van der Waals surface area contributed by atoms with Crippen LogP contribution >= 0.6 is 0 Å². The van der Waals surface area contributed by atoms with E-state index in [0.29, 0.717) is 18.6 Å². The minimum atomic E-state index is -0.318. The van der Waals surface area contributed by atoms with Crippen LogP contribution in [-0.2, 0) is 9.59 Å². The maximum atomic E-state index is 11.3. The van der Waals surface area contributed by atoms with Gasteiger partial charge < -0.3 is 5.73 Å². The van der Waals surface area contributed by atoms with Crippen LogP contribution in [0.25, 0.3) is 0 Å². The molecule has 0 aliphatic heterocycles. The SMILES string of the molecule is CC(C)N(CC(N)=O)C1CCCC(=O)C1. The molecule has 0 radical (unpaired) electrons. The number of Topliss-reactive ketones (excluding diaryl/α,β-unsaturated/α-hetero) is 1. The van der Waals surface area contributed by atoms with Gasteiger partial charge in [0.1, 0.15) is 5.78 Å². The first kappa shape index (κ1) is 12.2. The molecule has 0 heterocycles. The summed E-state index contributed by atoms with van der Waals surface area (Å²) in [6, 6.07) is 0.465. The van der Waals surface area contributed by atoms with Gasteiger partial charge in [-0.3, -0.25) is 14.5 Å². The fourth-order valence-corrected chi connectivity index (χ4v) is 2.20. The number of hydrogen-bond donors (Lipinski definition) is 1. The summed E-state index contributed by atoms with van der Waals surface area (Å²) in [5.41, 5.74) is 5.21. The molecule has 1 amide bonds. The summed E-state index contributed by atoms with van der Waals surface area (Å²) >= 11 is 0. The van der Waals surface area contributed by atoms with Gasteiger partial charge in [-0.2, -0.15) is 0 Å². The Bertz CT molecular complexity index is 251. The van der Waals surface area contributed by atoms with Crippen LogP contribution in [0.2, 0.25) is 0 Å². The highest BCUT2D eigenvalue weighted by Crippen LogP contribution is 2.21. The van der Waals surface area contributed by atoms with Crippen molar-refractivity contribution in [3.8, 4) is 0 Å². The third-order valence-electron chi connectivity index (χ3n) is 2.93. The molecule has 1 fully saturated rings. The second-order valence-corrected chi connectivity index (χ2v) is 4.52.